The van der Waals surface area contributed by atoms with E-state index in [1.54, 1.807) is 18.7 Å². The fourth-order valence-electron chi connectivity index (χ4n) is 2.72. The van der Waals surface area contributed by atoms with Crippen molar-refractivity contribution in [1.82, 2.24) is 4.57 Å². The van der Waals surface area contributed by atoms with Crippen LogP contribution in [0.15, 0.2) is 18.7 Å². The lowest BCUT2D eigenvalue weighted by molar-refractivity contribution is -0.694. The van der Waals surface area contributed by atoms with Gasteiger partial charge < -0.3 is 0 Å². The molecule has 8 nitrogen and oxygen atoms in total. The van der Waals surface area contributed by atoms with E-state index in [4.69, 9.17) is 0 Å². The van der Waals surface area contributed by atoms with Gasteiger partial charge in [0.05, 0.1) is 6.54 Å². The molecule has 0 radical (unpaired) electrons. The summed E-state index contributed by atoms with van der Waals surface area (Å²) < 4.78 is 3.40. The molecule has 0 aromatic carbocycles. The van der Waals surface area contributed by atoms with Crippen molar-refractivity contribution in [3.63, 3.8) is 0 Å². The number of hydrogen-bond acceptors (Lipinski definition) is 6. The van der Waals surface area contributed by atoms with E-state index < -0.39 is 21.3 Å². The van der Waals surface area contributed by atoms with Crippen molar-refractivity contribution >= 4 is 15.9 Å². The molecule has 0 unspecified atom stereocenters. The summed E-state index contributed by atoms with van der Waals surface area (Å²) in [4.78, 5) is 55.9. The number of nitrogens with zero attached hydrogens (tertiary/aromatic N) is 2. The summed E-state index contributed by atoms with van der Waals surface area (Å²) in [5, 5.41) is -1.79. The summed E-state index contributed by atoms with van der Waals surface area (Å²) in [6, 6.07) is 0. The monoisotopic (exact) mass is 399 g/mol. The van der Waals surface area contributed by atoms with Crippen LogP contribution in [0.4, 0.5) is 0 Å². The Balaban J connectivity index is 2.36. The molecule has 0 aliphatic rings. The van der Waals surface area contributed by atoms with Crippen LogP contribution in [-0.4, -0.2) is 39.3 Å². The third-order valence-corrected chi connectivity index (χ3v) is 7.98. The van der Waals surface area contributed by atoms with Gasteiger partial charge in [0.25, 0.3) is 0 Å². The zero-order chi connectivity index (χ0) is 18.9. The standard InChI is InChI=1S/C15H33N2O6P2/c1-2-3-4-5-6-7-8-9-10-16-11-12-17(14-16)13-15(24(18,19)20)25(21,22)23/h11-12,14-15,18-23H,2-10,13H2,1H3/q+3. The molecule has 10 heteroatoms. The highest BCUT2D eigenvalue weighted by Crippen LogP contribution is 2.69. The summed E-state index contributed by atoms with van der Waals surface area (Å²) in [6.07, 6.45) is 14.9. The Bertz CT molecular complexity index is 473. The first kappa shape index (κ1) is 22.9. The number of aryl methyl sites for hydroxylation is 1. The van der Waals surface area contributed by atoms with Gasteiger partial charge in [-0.2, -0.15) is 29.4 Å². The second kappa shape index (κ2) is 10.9. The van der Waals surface area contributed by atoms with E-state index in [9.17, 15) is 29.4 Å². The van der Waals surface area contributed by atoms with Gasteiger partial charge in [-0.3, -0.25) is 0 Å². The number of imidazole rings is 1. The molecule has 1 aromatic heterocycles. The molecule has 0 bridgehead atoms. The van der Waals surface area contributed by atoms with Crippen LogP contribution in [0.2, 0.25) is 0 Å². The molecule has 0 saturated carbocycles. The van der Waals surface area contributed by atoms with E-state index in [1.807, 2.05) is 4.57 Å². The van der Waals surface area contributed by atoms with Crippen molar-refractivity contribution in [3.8, 4) is 0 Å². The van der Waals surface area contributed by atoms with Crippen LogP contribution in [-0.2, 0) is 13.1 Å². The average Bonchev–Trinajstić information content (AvgIpc) is 2.93. The number of rotatable bonds is 13. The van der Waals surface area contributed by atoms with Crippen molar-refractivity contribution in [3.05, 3.63) is 18.7 Å². The minimum Gasteiger partial charge on any atom is -0.237 e. The zero-order valence-corrected chi connectivity index (χ0v) is 16.6. The van der Waals surface area contributed by atoms with Gasteiger partial charge in [0.2, 0.25) is 6.33 Å². The maximum Gasteiger partial charge on any atom is 0.459 e. The van der Waals surface area contributed by atoms with Crippen molar-refractivity contribution in [2.45, 2.75) is 76.8 Å². The molecule has 146 valence electrons. The molecule has 0 aliphatic carbocycles. The highest BCUT2D eigenvalue weighted by Gasteiger charge is 2.65. The minimum absolute atomic E-state index is 0.293. The predicted molar refractivity (Wildman–Crippen MR) is 98.2 cm³/mol. The lowest BCUT2D eigenvalue weighted by Gasteiger charge is -2.15. The Morgan fingerprint density at radius 3 is 1.88 bits per heavy atom. The molecule has 0 saturated heterocycles. The normalized spacial score (nSPS) is 13.0. The molecule has 0 atom stereocenters. The number of hydrogen-bond donors (Lipinski definition) is 6. The van der Waals surface area contributed by atoms with Gasteiger partial charge in [-0.25, -0.2) is 9.13 Å². The van der Waals surface area contributed by atoms with Crippen molar-refractivity contribution in [2.24, 2.45) is 0 Å². The number of unbranched alkanes of at least 4 members (excludes halogenated alkanes) is 7. The van der Waals surface area contributed by atoms with E-state index in [0.717, 1.165) is 19.4 Å². The quantitative estimate of drug-likeness (QED) is 0.170. The SMILES string of the molecule is CCCCCCCCCCn1cc[n+](CC([P+](O)(O)O)[P+](O)(O)O)c1. The fraction of sp³-hybridized carbons (Fsp3) is 0.800. The molecule has 1 rings (SSSR count). The summed E-state index contributed by atoms with van der Waals surface area (Å²) in [5.41, 5.74) is 0. The van der Waals surface area contributed by atoms with E-state index in [-0.39, 0.29) is 6.54 Å². The van der Waals surface area contributed by atoms with E-state index >= 15 is 0 Å². The summed E-state index contributed by atoms with van der Waals surface area (Å²) >= 11 is 0. The summed E-state index contributed by atoms with van der Waals surface area (Å²) in [6.45, 7) is 2.72. The molecule has 1 heterocycles. The lowest BCUT2D eigenvalue weighted by Crippen LogP contribution is -2.39. The second-order valence-corrected chi connectivity index (χ2v) is 10.6. The Morgan fingerprint density at radius 2 is 1.36 bits per heavy atom. The first-order valence-corrected chi connectivity index (χ1v) is 12.3. The van der Waals surface area contributed by atoms with Gasteiger partial charge in [-0.05, 0) is 12.8 Å². The van der Waals surface area contributed by atoms with Gasteiger partial charge in [-0.1, -0.05) is 45.4 Å². The molecular weight excluding hydrogens is 366 g/mol. The predicted octanol–water partition coefficient (Wildman–Crippen LogP) is 1.72. The van der Waals surface area contributed by atoms with Gasteiger partial charge in [-0.15, -0.1) is 0 Å². The van der Waals surface area contributed by atoms with E-state index in [0.29, 0.717) is 0 Å². The van der Waals surface area contributed by atoms with Gasteiger partial charge in [0.1, 0.15) is 12.4 Å². The van der Waals surface area contributed by atoms with Crippen LogP contribution in [0.3, 0.4) is 0 Å². The van der Waals surface area contributed by atoms with Gasteiger partial charge in [0, 0.05) is 0 Å². The largest absolute Gasteiger partial charge is 0.459 e. The van der Waals surface area contributed by atoms with Crippen LogP contribution in [0, 0.1) is 0 Å². The first-order valence-electron chi connectivity index (χ1n) is 8.83. The molecular formula is C15H33N2O6P2+3. The molecule has 25 heavy (non-hydrogen) atoms. The summed E-state index contributed by atoms with van der Waals surface area (Å²) in [5.74, 6) is 0. The van der Waals surface area contributed by atoms with Crippen LogP contribution >= 0.6 is 15.9 Å². The van der Waals surface area contributed by atoms with E-state index in [2.05, 4.69) is 6.92 Å². The Labute approximate surface area is 150 Å². The molecule has 1 aromatic rings. The highest BCUT2D eigenvalue weighted by atomic mass is 31.3. The fourth-order valence-corrected chi connectivity index (χ4v) is 5.20. The zero-order valence-electron chi connectivity index (χ0n) is 14.9. The van der Waals surface area contributed by atoms with Crippen LogP contribution < -0.4 is 4.57 Å². The maximum atomic E-state index is 9.31. The Hall–Kier alpha value is -0.170. The molecule has 0 aliphatic heterocycles. The Morgan fingerprint density at radius 1 is 0.840 bits per heavy atom. The Kier molecular flexibility index (Phi) is 9.93. The molecule has 0 amide bonds. The lowest BCUT2D eigenvalue weighted by atomic mass is 10.1. The maximum absolute atomic E-state index is 9.31. The van der Waals surface area contributed by atoms with Crippen molar-refractivity contribution in [2.75, 3.05) is 0 Å². The molecule has 0 fully saturated rings. The number of aromatic nitrogens is 2. The van der Waals surface area contributed by atoms with Crippen LogP contribution in [0.1, 0.15) is 58.3 Å². The van der Waals surface area contributed by atoms with Crippen LogP contribution in [0.25, 0.3) is 0 Å². The van der Waals surface area contributed by atoms with Crippen molar-refractivity contribution < 1.29 is 33.9 Å². The molecule has 6 N–H and O–H groups in total. The second-order valence-electron chi connectivity index (χ2n) is 6.53. The highest BCUT2D eigenvalue weighted by molar-refractivity contribution is 7.77. The smallest absolute Gasteiger partial charge is 0.237 e. The van der Waals surface area contributed by atoms with Gasteiger partial charge >= 0.3 is 21.3 Å². The first-order chi connectivity index (χ1) is 11.6. The third-order valence-electron chi connectivity index (χ3n) is 4.19. The van der Waals surface area contributed by atoms with E-state index in [1.165, 1.54) is 43.1 Å². The minimum atomic E-state index is -4.58. The third kappa shape index (κ3) is 9.36. The topological polar surface area (TPSA) is 130 Å². The van der Waals surface area contributed by atoms with Gasteiger partial charge in [0.15, 0.2) is 6.54 Å². The average molecular weight is 399 g/mol. The van der Waals surface area contributed by atoms with Crippen molar-refractivity contribution in [1.29, 1.82) is 0 Å². The summed E-state index contributed by atoms with van der Waals surface area (Å²) in [7, 11) is -9.15. The van der Waals surface area contributed by atoms with Crippen LogP contribution in [0.5, 0.6) is 0 Å². The molecule has 0 spiro atoms.